The zero-order chi connectivity index (χ0) is 25.1. The molecule has 6 nitrogen and oxygen atoms in total. The summed E-state index contributed by atoms with van der Waals surface area (Å²) in [5.41, 5.74) is 11.9. The maximum absolute atomic E-state index is 13.5. The molecule has 1 saturated carbocycles. The van der Waals surface area contributed by atoms with E-state index in [1.165, 1.54) is 12.8 Å². The molecular weight excluding hydrogens is 468 g/mol. The Morgan fingerprint density at radius 3 is 2.78 bits per heavy atom. The lowest BCUT2D eigenvalue weighted by Crippen LogP contribution is -2.15. The van der Waals surface area contributed by atoms with Crippen LogP contribution in [0, 0.1) is 5.92 Å². The second-order valence-corrected chi connectivity index (χ2v) is 9.70. The van der Waals surface area contributed by atoms with Crippen molar-refractivity contribution in [1.82, 2.24) is 9.78 Å². The fourth-order valence-corrected chi connectivity index (χ4v) is 4.70. The van der Waals surface area contributed by atoms with Gasteiger partial charge in [0.05, 0.1) is 12.1 Å². The van der Waals surface area contributed by atoms with Crippen LogP contribution in [0.25, 0.3) is 22.0 Å². The number of ether oxygens (including phenoxy) is 1. The Morgan fingerprint density at radius 2 is 2.00 bits per heavy atom. The molecule has 1 aliphatic rings. The average Bonchev–Trinajstić information content (AvgIpc) is 3.60. The molecule has 36 heavy (non-hydrogen) atoms. The van der Waals surface area contributed by atoms with Crippen molar-refractivity contribution >= 4 is 39.8 Å². The van der Waals surface area contributed by atoms with Gasteiger partial charge < -0.3 is 15.8 Å². The lowest BCUT2D eigenvalue weighted by atomic mass is 9.97. The third kappa shape index (κ3) is 5.48. The highest BCUT2D eigenvalue weighted by Crippen LogP contribution is 2.34. The molecule has 0 atom stereocenters. The molecule has 0 radical (unpaired) electrons. The van der Waals surface area contributed by atoms with E-state index in [9.17, 15) is 4.79 Å². The fraction of sp³-hybridized carbons (Fsp3) is 0.276. The zero-order valence-electron chi connectivity index (χ0n) is 20.4. The summed E-state index contributed by atoms with van der Waals surface area (Å²) >= 11 is 5.33. The molecule has 1 aliphatic carbocycles. The number of para-hydroxylation sites is 1. The maximum Gasteiger partial charge on any atom is 0.255 e. The standard InChI is InChI=1S/C29H30N4O2S/c1-2-35-28(36)15-22-7-3-4-9-26(22)31-29(34)23-13-24(21-8-5-6-20(12-21)16-30)25-18-33(17-19-10-11-19)32-27(25)14-23/h3-9,12-14,18-19H,2,10-11,15-17,30H2,1H3,(H,31,34). The Labute approximate surface area is 216 Å². The molecule has 5 rings (SSSR count). The van der Waals surface area contributed by atoms with E-state index in [-0.39, 0.29) is 5.91 Å². The number of benzene rings is 3. The topological polar surface area (TPSA) is 82.2 Å². The Balaban J connectivity index is 1.51. The van der Waals surface area contributed by atoms with Crippen molar-refractivity contribution in [2.45, 2.75) is 39.3 Å². The van der Waals surface area contributed by atoms with E-state index in [1.807, 2.05) is 60.1 Å². The molecular formula is C29H30N4O2S. The van der Waals surface area contributed by atoms with Crippen LogP contribution >= 0.6 is 12.2 Å². The number of hydrogen-bond acceptors (Lipinski definition) is 5. The van der Waals surface area contributed by atoms with Gasteiger partial charge in [-0.25, -0.2) is 0 Å². The first-order valence-electron chi connectivity index (χ1n) is 12.4. The van der Waals surface area contributed by atoms with Crippen LogP contribution in [0.2, 0.25) is 0 Å². The van der Waals surface area contributed by atoms with Crippen molar-refractivity contribution in [3.8, 4) is 11.1 Å². The van der Waals surface area contributed by atoms with Crippen molar-refractivity contribution in [3.63, 3.8) is 0 Å². The number of nitrogens with one attached hydrogen (secondary N) is 1. The molecule has 1 aromatic heterocycles. The van der Waals surface area contributed by atoms with Crippen LogP contribution in [0.15, 0.2) is 66.9 Å². The number of rotatable bonds is 9. The summed E-state index contributed by atoms with van der Waals surface area (Å²) in [7, 11) is 0. The summed E-state index contributed by atoms with van der Waals surface area (Å²) in [6.45, 7) is 3.79. The minimum atomic E-state index is -0.195. The number of nitrogens with two attached hydrogens (primary N) is 1. The molecule has 0 unspecified atom stereocenters. The monoisotopic (exact) mass is 498 g/mol. The number of aromatic nitrogens is 2. The van der Waals surface area contributed by atoms with Crippen molar-refractivity contribution < 1.29 is 9.53 Å². The Bertz CT molecular complexity index is 1420. The first kappa shape index (κ1) is 24.2. The number of thiocarbonyl (C=S) groups is 1. The van der Waals surface area contributed by atoms with Crippen LogP contribution in [0.4, 0.5) is 5.69 Å². The van der Waals surface area contributed by atoms with E-state index in [0.29, 0.717) is 36.1 Å². The van der Waals surface area contributed by atoms with Gasteiger partial charge >= 0.3 is 0 Å². The summed E-state index contributed by atoms with van der Waals surface area (Å²) in [6.07, 6.45) is 5.06. The second kappa shape index (κ2) is 10.6. The third-order valence-electron chi connectivity index (χ3n) is 6.46. The van der Waals surface area contributed by atoms with Crippen LogP contribution in [0.3, 0.4) is 0 Å². The zero-order valence-corrected chi connectivity index (χ0v) is 21.2. The van der Waals surface area contributed by atoms with E-state index < -0.39 is 0 Å². The number of amides is 1. The molecule has 0 aliphatic heterocycles. The lowest BCUT2D eigenvalue weighted by molar-refractivity contribution is 0.102. The van der Waals surface area contributed by atoms with Crippen molar-refractivity contribution in [2.75, 3.05) is 11.9 Å². The van der Waals surface area contributed by atoms with E-state index in [1.54, 1.807) is 0 Å². The van der Waals surface area contributed by atoms with Gasteiger partial charge in [-0.2, -0.15) is 5.10 Å². The molecule has 1 heterocycles. The van der Waals surface area contributed by atoms with Gasteiger partial charge in [-0.1, -0.05) is 36.4 Å². The number of nitrogens with zero attached hydrogens (tertiary/aromatic N) is 2. The lowest BCUT2D eigenvalue weighted by Gasteiger charge is -2.13. The molecule has 3 N–H and O–H groups in total. The molecule has 0 saturated heterocycles. The van der Waals surface area contributed by atoms with Crippen LogP contribution in [0.5, 0.6) is 0 Å². The summed E-state index contributed by atoms with van der Waals surface area (Å²) in [5.74, 6) is 0.505. The number of hydrogen-bond donors (Lipinski definition) is 2. The largest absolute Gasteiger partial charge is 0.487 e. The predicted octanol–water partition coefficient (Wildman–Crippen LogP) is 5.73. The molecule has 184 valence electrons. The fourth-order valence-electron chi connectivity index (χ4n) is 4.43. The van der Waals surface area contributed by atoms with E-state index in [0.717, 1.165) is 45.4 Å². The van der Waals surface area contributed by atoms with Crippen molar-refractivity contribution in [2.24, 2.45) is 11.7 Å². The molecule has 0 spiro atoms. The minimum Gasteiger partial charge on any atom is -0.487 e. The summed E-state index contributed by atoms with van der Waals surface area (Å²) in [6, 6.07) is 19.6. The van der Waals surface area contributed by atoms with Crippen LogP contribution in [-0.2, 0) is 24.2 Å². The van der Waals surface area contributed by atoms with Gasteiger partial charge in [0.15, 0.2) is 5.05 Å². The molecule has 1 fully saturated rings. The van der Waals surface area contributed by atoms with E-state index in [4.69, 9.17) is 27.8 Å². The second-order valence-electron chi connectivity index (χ2n) is 9.25. The molecule has 3 aromatic carbocycles. The average molecular weight is 499 g/mol. The van der Waals surface area contributed by atoms with Crippen LogP contribution < -0.4 is 11.1 Å². The first-order chi connectivity index (χ1) is 17.5. The summed E-state index contributed by atoms with van der Waals surface area (Å²) < 4.78 is 7.47. The molecule has 4 aromatic rings. The third-order valence-corrected chi connectivity index (χ3v) is 6.72. The minimum absolute atomic E-state index is 0.195. The van der Waals surface area contributed by atoms with Gasteiger partial charge in [-0.15, -0.1) is 0 Å². The normalized spacial score (nSPS) is 13.1. The molecule has 1 amide bonds. The smallest absolute Gasteiger partial charge is 0.255 e. The molecule has 7 heteroatoms. The quantitative estimate of drug-likeness (QED) is 0.288. The highest BCUT2D eigenvalue weighted by molar-refractivity contribution is 7.80. The summed E-state index contributed by atoms with van der Waals surface area (Å²) in [5, 5.41) is 9.44. The Morgan fingerprint density at radius 1 is 1.17 bits per heavy atom. The molecule has 0 bridgehead atoms. The van der Waals surface area contributed by atoms with Gasteiger partial charge in [0, 0.05) is 42.3 Å². The van der Waals surface area contributed by atoms with Gasteiger partial charge in [0.1, 0.15) is 0 Å². The number of anilines is 1. The van der Waals surface area contributed by atoms with E-state index >= 15 is 0 Å². The highest BCUT2D eigenvalue weighted by Gasteiger charge is 2.23. The van der Waals surface area contributed by atoms with E-state index in [2.05, 4.69) is 23.6 Å². The van der Waals surface area contributed by atoms with Gasteiger partial charge in [-0.05, 0) is 84.4 Å². The highest BCUT2D eigenvalue weighted by atomic mass is 32.1. The summed E-state index contributed by atoms with van der Waals surface area (Å²) in [4.78, 5) is 13.5. The maximum atomic E-state index is 13.5. The van der Waals surface area contributed by atoms with Gasteiger partial charge in [0.25, 0.3) is 5.91 Å². The number of carbonyl (C=O) groups is 1. The number of carbonyl (C=O) groups excluding carboxylic acids is 1. The van der Waals surface area contributed by atoms with Crippen LogP contribution in [0.1, 0.15) is 41.3 Å². The van der Waals surface area contributed by atoms with Crippen molar-refractivity contribution in [3.05, 3.63) is 83.6 Å². The SMILES string of the molecule is CCOC(=S)Cc1ccccc1NC(=O)c1cc(-c2cccc(CN)c2)c2cn(CC3CC3)nc2c1. The van der Waals surface area contributed by atoms with Gasteiger partial charge in [-0.3, -0.25) is 9.48 Å². The van der Waals surface area contributed by atoms with Gasteiger partial charge in [0.2, 0.25) is 0 Å². The van der Waals surface area contributed by atoms with Crippen LogP contribution in [-0.4, -0.2) is 27.3 Å². The first-order valence-corrected chi connectivity index (χ1v) is 12.8. The Hall–Kier alpha value is -3.55. The predicted molar refractivity (Wildman–Crippen MR) is 148 cm³/mol. The Kier molecular flexibility index (Phi) is 7.11. The number of fused-ring (bicyclic) bond motifs is 1. The van der Waals surface area contributed by atoms with Crippen molar-refractivity contribution in [1.29, 1.82) is 0 Å².